The molecule has 3 aromatic rings. The summed E-state index contributed by atoms with van der Waals surface area (Å²) in [5, 5.41) is 0.854. The van der Waals surface area contributed by atoms with E-state index in [1.807, 2.05) is 24.3 Å². The lowest BCUT2D eigenvalue weighted by Crippen LogP contribution is -2.42. The molecular formula is C20H20N2O5S2. The van der Waals surface area contributed by atoms with Crippen LogP contribution in [0.2, 0.25) is 0 Å². The Kier molecular flexibility index (Phi) is 5.30. The van der Waals surface area contributed by atoms with Gasteiger partial charge in [-0.2, -0.15) is 4.31 Å². The number of nitrogens with zero attached hydrogens (tertiary/aromatic N) is 1. The molecule has 0 bridgehead atoms. The largest absolute Gasteiger partial charge is 0.495 e. The van der Waals surface area contributed by atoms with Crippen molar-refractivity contribution in [1.82, 2.24) is 4.31 Å². The first-order valence-electron chi connectivity index (χ1n) is 8.99. The van der Waals surface area contributed by atoms with Gasteiger partial charge in [0.25, 0.3) is 5.91 Å². The van der Waals surface area contributed by atoms with E-state index in [9.17, 15) is 13.2 Å². The van der Waals surface area contributed by atoms with Crippen LogP contribution in [0.1, 0.15) is 21.3 Å². The molecule has 1 fully saturated rings. The van der Waals surface area contributed by atoms with Gasteiger partial charge in [-0.3, -0.25) is 4.79 Å². The molecule has 0 radical (unpaired) electrons. The van der Waals surface area contributed by atoms with Gasteiger partial charge in [0.2, 0.25) is 10.0 Å². The number of ether oxygens (including phenoxy) is 2. The van der Waals surface area contributed by atoms with Crippen LogP contribution in [0.5, 0.6) is 5.75 Å². The van der Waals surface area contributed by atoms with Gasteiger partial charge in [-0.05, 0) is 23.6 Å². The normalized spacial score (nSPS) is 18.0. The first-order chi connectivity index (χ1) is 13.9. The quantitative estimate of drug-likeness (QED) is 0.668. The maximum Gasteiger partial charge on any atom is 0.259 e. The molecule has 7 nitrogen and oxygen atoms in total. The van der Waals surface area contributed by atoms with Crippen molar-refractivity contribution < 1.29 is 22.7 Å². The van der Waals surface area contributed by atoms with E-state index in [-0.39, 0.29) is 30.3 Å². The van der Waals surface area contributed by atoms with E-state index in [1.165, 1.54) is 28.8 Å². The maximum absolute atomic E-state index is 13.3. The highest BCUT2D eigenvalue weighted by molar-refractivity contribution is 7.89. The molecule has 2 aromatic carbocycles. The van der Waals surface area contributed by atoms with E-state index in [0.717, 1.165) is 10.1 Å². The van der Waals surface area contributed by atoms with Crippen LogP contribution in [0, 0.1) is 0 Å². The monoisotopic (exact) mass is 432 g/mol. The molecule has 1 aliphatic heterocycles. The van der Waals surface area contributed by atoms with Gasteiger partial charge in [0.1, 0.15) is 10.6 Å². The number of para-hydroxylation sites is 1. The highest BCUT2D eigenvalue weighted by Gasteiger charge is 2.35. The maximum atomic E-state index is 13.3. The first-order valence-corrected chi connectivity index (χ1v) is 11.2. The summed E-state index contributed by atoms with van der Waals surface area (Å²) in [5.41, 5.74) is 6.25. The number of carbonyl (C=O) groups is 1. The number of morpholine rings is 1. The number of carbonyl (C=O) groups excluding carboxylic acids is 1. The van der Waals surface area contributed by atoms with E-state index in [0.29, 0.717) is 10.4 Å². The van der Waals surface area contributed by atoms with E-state index in [1.54, 1.807) is 18.2 Å². The first kappa shape index (κ1) is 19.8. The SMILES string of the molecule is COc1ccccc1S(=O)(=O)N1CCOC(c2c(C(N)=O)sc3ccccc23)C1. The van der Waals surface area contributed by atoms with E-state index < -0.39 is 22.0 Å². The van der Waals surface area contributed by atoms with Crippen LogP contribution in [-0.4, -0.2) is 45.4 Å². The molecule has 1 aromatic heterocycles. The minimum atomic E-state index is -3.80. The Morgan fingerprint density at radius 1 is 1.21 bits per heavy atom. The van der Waals surface area contributed by atoms with Crippen LogP contribution >= 0.6 is 11.3 Å². The molecule has 1 atom stereocenters. The summed E-state index contributed by atoms with van der Waals surface area (Å²) in [6, 6.07) is 14.1. The van der Waals surface area contributed by atoms with Crippen molar-refractivity contribution in [1.29, 1.82) is 0 Å². The van der Waals surface area contributed by atoms with Crippen molar-refractivity contribution in [3.05, 3.63) is 59.0 Å². The van der Waals surface area contributed by atoms with Crippen molar-refractivity contribution >= 4 is 37.4 Å². The molecule has 29 heavy (non-hydrogen) atoms. The number of amides is 1. The number of hydrogen-bond donors (Lipinski definition) is 1. The molecule has 0 spiro atoms. The molecule has 4 rings (SSSR count). The lowest BCUT2D eigenvalue weighted by atomic mass is 10.0. The van der Waals surface area contributed by atoms with E-state index in [4.69, 9.17) is 15.2 Å². The summed E-state index contributed by atoms with van der Waals surface area (Å²) in [6.07, 6.45) is -0.591. The topological polar surface area (TPSA) is 98.9 Å². The molecule has 9 heteroatoms. The standard InChI is InChI=1S/C20H20N2O5S2/c1-26-14-7-3-5-9-17(14)29(24,25)22-10-11-27-15(12-22)18-13-6-2-4-8-16(13)28-19(18)20(21)23/h2-9,15H,10-12H2,1H3,(H2,21,23). The summed E-state index contributed by atoms with van der Waals surface area (Å²) in [6.45, 7) is 0.508. The molecule has 1 aliphatic rings. The van der Waals surface area contributed by atoms with Gasteiger partial charge in [0.15, 0.2) is 0 Å². The zero-order valence-electron chi connectivity index (χ0n) is 15.7. The molecule has 152 valence electrons. The number of nitrogens with two attached hydrogens (primary N) is 1. The van der Waals surface area contributed by atoms with Gasteiger partial charge in [-0.15, -0.1) is 11.3 Å². The summed E-state index contributed by atoms with van der Waals surface area (Å²) >= 11 is 1.29. The third-order valence-corrected chi connectivity index (χ3v) is 8.00. The lowest BCUT2D eigenvalue weighted by molar-refractivity contribution is -0.00192. The number of thiophene rings is 1. The number of hydrogen-bond acceptors (Lipinski definition) is 6. The average molecular weight is 433 g/mol. The molecule has 1 unspecified atom stereocenters. The number of fused-ring (bicyclic) bond motifs is 1. The Balaban J connectivity index is 1.74. The lowest BCUT2D eigenvalue weighted by Gasteiger charge is -2.32. The molecule has 2 heterocycles. The molecule has 2 N–H and O–H groups in total. The zero-order valence-corrected chi connectivity index (χ0v) is 17.3. The molecular weight excluding hydrogens is 412 g/mol. The Morgan fingerprint density at radius 3 is 2.69 bits per heavy atom. The molecule has 0 aliphatic carbocycles. The second-order valence-electron chi connectivity index (χ2n) is 6.58. The third-order valence-electron chi connectivity index (χ3n) is 4.90. The molecule has 1 saturated heterocycles. The fourth-order valence-corrected chi connectivity index (χ4v) is 6.25. The van der Waals surface area contributed by atoms with Crippen LogP contribution < -0.4 is 10.5 Å². The van der Waals surface area contributed by atoms with Crippen molar-refractivity contribution in [3.8, 4) is 5.75 Å². The highest BCUT2D eigenvalue weighted by atomic mass is 32.2. The van der Waals surface area contributed by atoms with Gasteiger partial charge in [-0.25, -0.2) is 8.42 Å². The number of rotatable bonds is 5. The van der Waals surface area contributed by atoms with Gasteiger partial charge < -0.3 is 15.2 Å². The highest BCUT2D eigenvalue weighted by Crippen LogP contribution is 2.39. The number of sulfonamides is 1. The van der Waals surface area contributed by atoms with E-state index >= 15 is 0 Å². The Bertz CT molecular complexity index is 1170. The number of benzene rings is 2. The number of primary amides is 1. The van der Waals surface area contributed by atoms with Crippen LogP contribution in [-0.2, 0) is 14.8 Å². The fraction of sp³-hybridized carbons (Fsp3) is 0.250. The summed E-state index contributed by atoms with van der Waals surface area (Å²) < 4.78 is 39.9. The minimum Gasteiger partial charge on any atom is -0.495 e. The van der Waals surface area contributed by atoms with Crippen molar-refractivity contribution in [2.75, 3.05) is 26.8 Å². The summed E-state index contributed by atoms with van der Waals surface area (Å²) in [4.78, 5) is 12.5. The Hall–Kier alpha value is -2.46. The summed E-state index contributed by atoms with van der Waals surface area (Å²) in [5.74, 6) is -0.260. The second kappa shape index (κ2) is 7.75. The zero-order chi connectivity index (χ0) is 20.6. The fourth-order valence-electron chi connectivity index (χ4n) is 3.56. The van der Waals surface area contributed by atoms with Crippen LogP contribution in [0.15, 0.2) is 53.4 Å². The van der Waals surface area contributed by atoms with Crippen LogP contribution in [0.25, 0.3) is 10.1 Å². The molecule has 0 saturated carbocycles. The van der Waals surface area contributed by atoms with Gasteiger partial charge >= 0.3 is 0 Å². The van der Waals surface area contributed by atoms with Gasteiger partial charge in [0, 0.05) is 23.4 Å². The smallest absolute Gasteiger partial charge is 0.259 e. The van der Waals surface area contributed by atoms with E-state index in [2.05, 4.69) is 0 Å². The van der Waals surface area contributed by atoms with Gasteiger partial charge in [-0.1, -0.05) is 30.3 Å². The number of methoxy groups -OCH3 is 1. The average Bonchev–Trinajstić information content (AvgIpc) is 3.14. The minimum absolute atomic E-state index is 0.0847. The predicted octanol–water partition coefficient (Wildman–Crippen LogP) is 2.77. The third kappa shape index (κ3) is 3.51. The van der Waals surface area contributed by atoms with Crippen LogP contribution in [0.3, 0.4) is 0 Å². The Morgan fingerprint density at radius 2 is 1.93 bits per heavy atom. The molecule has 1 amide bonds. The van der Waals surface area contributed by atoms with Crippen molar-refractivity contribution in [2.45, 2.75) is 11.0 Å². The second-order valence-corrected chi connectivity index (χ2v) is 9.54. The van der Waals surface area contributed by atoms with Crippen LogP contribution in [0.4, 0.5) is 0 Å². The van der Waals surface area contributed by atoms with Crippen molar-refractivity contribution in [3.63, 3.8) is 0 Å². The van der Waals surface area contributed by atoms with Crippen molar-refractivity contribution in [2.24, 2.45) is 5.73 Å². The Labute approximate surface area is 172 Å². The summed E-state index contributed by atoms with van der Waals surface area (Å²) in [7, 11) is -2.36. The predicted molar refractivity (Wildman–Crippen MR) is 111 cm³/mol. The van der Waals surface area contributed by atoms with Gasteiger partial charge in [0.05, 0.1) is 24.7 Å².